The van der Waals surface area contributed by atoms with Crippen molar-refractivity contribution in [3.63, 3.8) is 0 Å². The van der Waals surface area contributed by atoms with Gasteiger partial charge in [0.2, 0.25) is 5.91 Å². The van der Waals surface area contributed by atoms with Crippen LogP contribution in [0.15, 0.2) is 65.6 Å². The molecule has 0 aliphatic rings. The summed E-state index contributed by atoms with van der Waals surface area (Å²) in [5.41, 5.74) is 1.05. The molecule has 0 saturated carbocycles. The molecule has 8 nitrogen and oxygen atoms in total. The van der Waals surface area contributed by atoms with Gasteiger partial charge in [-0.1, -0.05) is 29.8 Å². The van der Waals surface area contributed by atoms with Gasteiger partial charge < -0.3 is 19.5 Å². The van der Waals surface area contributed by atoms with E-state index >= 15 is 0 Å². The number of carbonyl (C=O) groups is 1. The van der Waals surface area contributed by atoms with Gasteiger partial charge >= 0.3 is 0 Å². The molecular formula is C27H30ClFN2O6S. The molecule has 3 aromatic carbocycles. The number of rotatable bonds is 13. The fourth-order valence-corrected chi connectivity index (χ4v) is 5.36. The van der Waals surface area contributed by atoms with E-state index in [1.165, 1.54) is 38.5 Å². The summed E-state index contributed by atoms with van der Waals surface area (Å²) in [5.74, 6) is 0.0823. The summed E-state index contributed by atoms with van der Waals surface area (Å²) in [6, 6.07) is 15.2. The Morgan fingerprint density at radius 1 is 1.00 bits per heavy atom. The Balaban J connectivity index is 1.79. The van der Waals surface area contributed by atoms with Crippen molar-refractivity contribution in [3.05, 3.63) is 77.1 Å². The molecule has 0 aromatic heterocycles. The summed E-state index contributed by atoms with van der Waals surface area (Å²) in [7, 11) is -1.47. The van der Waals surface area contributed by atoms with Crippen LogP contribution in [0.3, 0.4) is 0 Å². The first-order chi connectivity index (χ1) is 18.2. The maximum atomic E-state index is 13.8. The van der Waals surface area contributed by atoms with Gasteiger partial charge in [-0.05, 0) is 61.7 Å². The lowest BCUT2D eigenvalue weighted by molar-refractivity contribution is -0.119. The Morgan fingerprint density at radius 2 is 1.74 bits per heavy atom. The van der Waals surface area contributed by atoms with E-state index in [2.05, 4.69) is 5.32 Å². The minimum Gasteiger partial charge on any atom is -0.494 e. The summed E-state index contributed by atoms with van der Waals surface area (Å²) in [6.45, 7) is 2.22. The maximum absolute atomic E-state index is 13.8. The van der Waals surface area contributed by atoms with Crippen LogP contribution in [0.4, 0.5) is 10.1 Å². The molecule has 0 fully saturated rings. The van der Waals surface area contributed by atoms with Gasteiger partial charge in [0, 0.05) is 12.6 Å². The van der Waals surface area contributed by atoms with E-state index in [0.717, 1.165) is 27.8 Å². The van der Waals surface area contributed by atoms with Crippen molar-refractivity contribution in [1.29, 1.82) is 0 Å². The number of nitrogens with one attached hydrogen (secondary N) is 1. The van der Waals surface area contributed by atoms with Gasteiger partial charge in [-0.2, -0.15) is 0 Å². The molecule has 0 aliphatic carbocycles. The highest BCUT2D eigenvalue weighted by Gasteiger charge is 2.29. The molecule has 0 atom stereocenters. The van der Waals surface area contributed by atoms with Gasteiger partial charge in [0.15, 0.2) is 11.5 Å². The molecule has 3 rings (SSSR count). The normalized spacial score (nSPS) is 11.1. The van der Waals surface area contributed by atoms with Crippen molar-refractivity contribution in [3.8, 4) is 17.2 Å². The largest absolute Gasteiger partial charge is 0.494 e. The van der Waals surface area contributed by atoms with Crippen molar-refractivity contribution < 1.29 is 31.8 Å². The van der Waals surface area contributed by atoms with Crippen LogP contribution in [0.2, 0.25) is 5.02 Å². The van der Waals surface area contributed by atoms with Crippen LogP contribution in [0, 0.1) is 5.82 Å². The number of benzene rings is 3. The molecule has 0 bridgehead atoms. The zero-order chi connectivity index (χ0) is 27.7. The first-order valence-electron chi connectivity index (χ1n) is 11.9. The quantitative estimate of drug-likeness (QED) is 0.299. The molecule has 0 saturated heterocycles. The Hall–Kier alpha value is -3.50. The highest BCUT2D eigenvalue weighted by atomic mass is 35.5. The fourth-order valence-electron chi connectivity index (χ4n) is 3.76. The molecule has 1 N–H and O–H groups in total. The van der Waals surface area contributed by atoms with E-state index < -0.39 is 28.3 Å². The second-order valence-corrected chi connectivity index (χ2v) is 10.4. The minimum atomic E-state index is -4.28. The smallest absolute Gasteiger partial charge is 0.264 e. The number of nitrogens with zero attached hydrogens (tertiary/aromatic N) is 1. The third-order valence-corrected chi connectivity index (χ3v) is 7.70. The van der Waals surface area contributed by atoms with E-state index in [-0.39, 0.29) is 21.4 Å². The minimum absolute atomic E-state index is 0.0342. The first kappa shape index (κ1) is 29.1. The van der Waals surface area contributed by atoms with E-state index in [4.69, 9.17) is 25.8 Å². The summed E-state index contributed by atoms with van der Waals surface area (Å²) < 4.78 is 58.0. The molecule has 11 heteroatoms. The summed E-state index contributed by atoms with van der Waals surface area (Å²) in [5, 5.41) is 2.48. The van der Waals surface area contributed by atoms with Crippen molar-refractivity contribution in [1.82, 2.24) is 5.32 Å². The molecule has 38 heavy (non-hydrogen) atoms. The molecule has 204 valence electrons. The fraction of sp³-hybridized carbons (Fsp3) is 0.296. The number of anilines is 1. The number of para-hydroxylation sites is 1. The molecule has 0 unspecified atom stereocenters. The van der Waals surface area contributed by atoms with Crippen molar-refractivity contribution in [2.45, 2.75) is 24.7 Å². The lowest BCUT2D eigenvalue weighted by atomic mass is 10.1. The standard InChI is InChI=1S/C27H30ClFN2O6S/c1-4-37-24-10-6-5-8-19(24)9-7-15-30-27(32)18-31(20-11-13-23(29)22(28)16-20)38(33,34)21-12-14-25(35-2)26(17-21)36-3/h5-6,8,10-14,16-17H,4,7,9,15,18H2,1-3H3,(H,30,32). The Kier molecular flexibility index (Phi) is 10.2. The molecule has 0 heterocycles. The lowest BCUT2D eigenvalue weighted by Crippen LogP contribution is -2.41. The number of sulfonamides is 1. The monoisotopic (exact) mass is 564 g/mol. The topological polar surface area (TPSA) is 94.2 Å². The van der Waals surface area contributed by atoms with Gasteiger partial charge in [0.05, 0.1) is 36.4 Å². The number of hydrogen-bond donors (Lipinski definition) is 1. The number of hydrogen-bond acceptors (Lipinski definition) is 6. The Morgan fingerprint density at radius 3 is 2.42 bits per heavy atom. The molecule has 0 aliphatic heterocycles. The molecule has 3 aromatic rings. The molecule has 0 radical (unpaired) electrons. The Labute approximate surface area is 227 Å². The zero-order valence-electron chi connectivity index (χ0n) is 21.4. The molecule has 0 spiro atoms. The number of carbonyl (C=O) groups excluding carboxylic acids is 1. The van der Waals surface area contributed by atoms with E-state index in [9.17, 15) is 17.6 Å². The molecule has 1 amide bonds. The zero-order valence-corrected chi connectivity index (χ0v) is 22.9. The van der Waals surface area contributed by atoms with Gasteiger partial charge in [-0.25, -0.2) is 12.8 Å². The highest BCUT2D eigenvalue weighted by Crippen LogP contribution is 2.33. The van der Waals surface area contributed by atoms with Gasteiger partial charge in [0.1, 0.15) is 18.1 Å². The van der Waals surface area contributed by atoms with Crippen LogP contribution < -0.4 is 23.8 Å². The number of amides is 1. The Bertz CT molecular complexity index is 1370. The average molecular weight is 565 g/mol. The van der Waals surface area contributed by atoms with Crippen LogP contribution in [-0.4, -0.2) is 48.2 Å². The van der Waals surface area contributed by atoms with Crippen molar-refractivity contribution in [2.24, 2.45) is 0 Å². The van der Waals surface area contributed by atoms with Crippen LogP contribution in [0.25, 0.3) is 0 Å². The number of aryl methyl sites for hydroxylation is 1. The van der Waals surface area contributed by atoms with Gasteiger partial charge in [-0.15, -0.1) is 0 Å². The van der Waals surface area contributed by atoms with Gasteiger partial charge in [-0.3, -0.25) is 9.10 Å². The maximum Gasteiger partial charge on any atom is 0.264 e. The number of ether oxygens (including phenoxy) is 3. The first-order valence-corrected chi connectivity index (χ1v) is 13.7. The average Bonchev–Trinajstić information content (AvgIpc) is 2.91. The van der Waals surface area contributed by atoms with Crippen molar-refractivity contribution in [2.75, 3.05) is 38.2 Å². The second kappa shape index (κ2) is 13.3. The lowest BCUT2D eigenvalue weighted by Gasteiger charge is -2.25. The number of methoxy groups -OCH3 is 2. The molecular weight excluding hydrogens is 535 g/mol. The van der Waals surface area contributed by atoms with E-state index in [1.807, 2.05) is 31.2 Å². The van der Waals surface area contributed by atoms with Gasteiger partial charge in [0.25, 0.3) is 10.0 Å². The highest BCUT2D eigenvalue weighted by molar-refractivity contribution is 7.92. The third kappa shape index (κ3) is 7.08. The summed E-state index contributed by atoms with van der Waals surface area (Å²) >= 11 is 5.93. The summed E-state index contributed by atoms with van der Waals surface area (Å²) in [4.78, 5) is 12.7. The van der Waals surface area contributed by atoms with Crippen molar-refractivity contribution >= 4 is 33.2 Å². The van der Waals surface area contributed by atoms with Crippen LogP contribution in [-0.2, 0) is 21.2 Å². The predicted molar refractivity (Wildman–Crippen MR) is 144 cm³/mol. The van der Waals surface area contributed by atoms with Crippen LogP contribution >= 0.6 is 11.6 Å². The van der Waals surface area contributed by atoms with Crippen LogP contribution in [0.1, 0.15) is 18.9 Å². The predicted octanol–water partition coefficient (Wildman–Crippen LogP) is 4.84. The summed E-state index contributed by atoms with van der Waals surface area (Å²) in [6.07, 6.45) is 1.28. The van der Waals surface area contributed by atoms with E-state index in [0.29, 0.717) is 31.7 Å². The third-order valence-electron chi connectivity index (χ3n) is 5.64. The second-order valence-electron chi connectivity index (χ2n) is 8.12. The van der Waals surface area contributed by atoms with Crippen LogP contribution in [0.5, 0.6) is 17.2 Å². The SMILES string of the molecule is CCOc1ccccc1CCCNC(=O)CN(c1ccc(F)c(Cl)c1)S(=O)(=O)c1ccc(OC)c(OC)c1. The van der Waals surface area contributed by atoms with E-state index in [1.54, 1.807) is 0 Å². The number of halogens is 2.